The first kappa shape index (κ1) is 19.0. The van der Waals surface area contributed by atoms with E-state index >= 15 is 0 Å². The Morgan fingerprint density at radius 1 is 1.03 bits per heavy atom. The fourth-order valence-electron chi connectivity index (χ4n) is 4.18. The Morgan fingerprint density at radius 3 is 2.47 bits per heavy atom. The standard InChI is InChI=1S/C21H16IN5O3/c1-10-9-11(2)25-19(24-10)13-4-3-12-17-14(7-8-23-18(13)17)26(20(12)29)15-5-6-16(28)27(22)21(15)30/h3-4,7-9,15H,5-6H2,1-2H3. The fourth-order valence-corrected chi connectivity index (χ4v) is 4.74. The number of amides is 3. The maximum atomic E-state index is 13.3. The zero-order chi connectivity index (χ0) is 21.2. The van der Waals surface area contributed by atoms with Crippen molar-refractivity contribution < 1.29 is 14.4 Å². The van der Waals surface area contributed by atoms with E-state index in [0.29, 0.717) is 34.4 Å². The molecule has 1 fully saturated rings. The van der Waals surface area contributed by atoms with Crippen LogP contribution in [0.25, 0.3) is 22.3 Å². The predicted octanol–water partition coefficient (Wildman–Crippen LogP) is 3.14. The molecule has 0 saturated carbocycles. The molecule has 1 unspecified atom stereocenters. The molecule has 2 aromatic heterocycles. The van der Waals surface area contributed by atoms with Crippen LogP contribution < -0.4 is 4.90 Å². The normalized spacial score (nSPS) is 18.6. The molecule has 0 radical (unpaired) electrons. The first-order chi connectivity index (χ1) is 14.4. The smallest absolute Gasteiger partial charge is 0.261 e. The second-order valence-electron chi connectivity index (χ2n) is 7.43. The summed E-state index contributed by atoms with van der Waals surface area (Å²) in [4.78, 5) is 53.0. The summed E-state index contributed by atoms with van der Waals surface area (Å²) < 4.78 is 1.08. The number of pyridine rings is 1. The van der Waals surface area contributed by atoms with Crippen LogP contribution in [0.15, 0.2) is 30.5 Å². The fraction of sp³-hybridized carbons (Fsp3) is 0.238. The zero-order valence-electron chi connectivity index (χ0n) is 16.2. The van der Waals surface area contributed by atoms with E-state index in [4.69, 9.17) is 0 Å². The van der Waals surface area contributed by atoms with Crippen LogP contribution in [0.4, 0.5) is 5.69 Å². The Bertz CT molecular complexity index is 1250. The number of imide groups is 1. The van der Waals surface area contributed by atoms with Crippen molar-refractivity contribution in [2.24, 2.45) is 0 Å². The van der Waals surface area contributed by atoms with Crippen LogP contribution >= 0.6 is 22.9 Å². The van der Waals surface area contributed by atoms with Gasteiger partial charge in [0.1, 0.15) is 6.04 Å². The number of aryl methyl sites for hydroxylation is 2. The van der Waals surface area contributed by atoms with Gasteiger partial charge in [-0.2, -0.15) is 0 Å². The average molecular weight is 513 g/mol. The summed E-state index contributed by atoms with van der Waals surface area (Å²) in [6, 6.07) is 6.47. The molecular weight excluding hydrogens is 497 g/mol. The molecule has 0 spiro atoms. The number of rotatable bonds is 2. The summed E-state index contributed by atoms with van der Waals surface area (Å²) >= 11 is 1.71. The van der Waals surface area contributed by atoms with E-state index in [-0.39, 0.29) is 24.1 Å². The number of nitrogens with zero attached hydrogens (tertiary/aromatic N) is 5. The lowest BCUT2D eigenvalue weighted by Gasteiger charge is -2.32. The highest BCUT2D eigenvalue weighted by Crippen LogP contribution is 2.42. The number of hydrogen-bond acceptors (Lipinski definition) is 6. The molecule has 0 bridgehead atoms. The molecule has 1 aromatic carbocycles. The van der Waals surface area contributed by atoms with Crippen molar-refractivity contribution in [1.82, 2.24) is 18.1 Å². The topological polar surface area (TPSA) is 96.4 Å². The summed E-state index contributed by atoms with van der Waals surface area (Å²) in [6.07, 6.45) is 2.14. The SMILES string of the molecule is Cc1cc(C)nc(-c2ccc3c4c(ccnc24)N(C2CCC(=O)N(I)C2=O)C3=O)n1. The van der Waals surface area contributed by atoms with Gasteiger partial charge in [0, 0.05) is 35.0 Å². The minimum absolute atomic E-state index is 0.218. The highest BCUT2D eigenvalue weighted by atomic mass is 127. The van der Waals surface area contributed by atoms with Gasteiger partial charge in [-0.15, -0.1) is 0 Å². The van der Waals surface area contributed by atoms with Crippen molar-refractivity contribution >= 4 is 57.2 Å². The van der Waals surface area contributed by atoms with E-state index in [1.54, 1.807) is 47.3 Å². The maximum Gasteiger partial charge on any atom is 0.261 e. The molecule has 150 valence electrons. The molecule has 2 aliphatic heterocycles. The van der Waals surface area contributed by atoms with Gasteiger partial charge in [0.25, 0.3) is 11.8 Å². The first-order valence-electron chi connectivity index (χ1n) is 9.47. The summed E-state index contributed by atoms with van der Waals surface area (Å²) in [6.45, 7) is 3.81. The predicted molar refractivity (Wildman–Crippen MR) is 118 cm³/mol. The summed E-state index contributed by atoms with van der Waals surface area (Å²) in [7, 11) is 0. The largest absolute Gasteiger partial charge is 0.295 e. The third-order valence-corrected chi connectivity index (χ3v) is 6.46. The third-order valence-electron chi connectivity index (χ3n) is 5.44. The lowest BCUT2D eigenvalue weighted by atomic mass is 10.0. The molecule has 4 heterocycles. The van der Waals surface area contributed by atoms with Crippen LogP contribution in [0.2, 0.25) is 0 Å². The first-order valence-corrected chi connectivity index (χ1v) is 10.4. The third kappa shape index (κ3) is 2.72. The Labute approximate surface area is 185 Å². The van der Waals surface area contributed by atoms with E-state index in [2.05, 4.69) is 15.0 Å². The second kappa shape index (κ2) is 6.79. The lowest BCUT2D eigenvalue weighted by Crippen LogP contribution is -2.52. The summed E-state index contributed by atoms with van der Waals surface area (Å²) in [5, 5.41) is 0.687. The molecule has 0 aliphatic carbocycles. The molecule has 3 aromatic rings. The van der Waals surface area contributed by atoms with Gasteiger partial charge in [0.05, 0.1) is 39.6 Å². The van der Waals surface area contributed by atoms with Gasteiger partial charge in [0.15, 0.2) is 5.82 Å². The van der Waals surface area contributed by atoms with Crippen molar-refractivity contribution in [1.29, 1.82) is 0 Å². The minimum atomic E-state index is -0.717. The van der Waals surface area contributed by atoms with Crippen molar-refractivity contribution in [3.05, 3.63) is 47.4 Å². The lowest BCUT2D eigenvalue weighted by molar-refractivity contribution is -0.140. The highest BCUT2D eigenvalue weighted by Gasteiger charge is 2.43. The van der Waals surface area contributed by atoms with E-state index < -0.39 is 6.04 Å². The Morgan fingerprint density at radius 2 is 1.73 bits per heavy atom. The second-order valence-corrected chi connectivity index (χ2v) is 8.40. The van der Waals surface area contributed by atoms with Gasteiger partial charge >= 0.3 is 0 Å². The van der Waals surface area contributed by atoms with E-state index in [9.17, 15) is 14.4 Å². The molecule has 5 rings (SSSR count). The monoisotopic (exact) mass is 513 g/mol. The van der Waals surface area contributed by atoms with Gasteiger partial charge in [-0.05, 0) is 44.5 Å². The Kier molecular flexibility index (Phi) is 4.31. The Hall–Kier alpha value is -2.95. The van der Waals surface area contributed by atoms with E-state index in [1.807, 2.05) is 19.9 Å². The maximum absolute atomic E-state index is 13.3. The molecule has 30 heavy (non-hydrogen) atoms. The van der Waals surface area contributed by atoms with E-state index in [1.165, 1.54) is 4.90 Å². The van der Waals surface area contributed by atoms with Crippen molar-refractivity contribution in [3.63, 3.8) is 0 Å². The molecule has 2 aliphatic rings. The number of piperidine rings is 1. The minimum Gasteiger partial charge on any atom is -0.295 e. The summed E-state index contributed by atoms with van der Waals surface area (Å²) in [5.74, 6) is -0.327. The van der Waals surface area contributed by atoms with Gasteiger partial charge in [-0.1, -0.05) is 0 Å². The number of carbonyl (C=O) groups is 3. The molecule has 1 atom stereocenters. The van der Waals surface area contributed by atoms with Gasteiger partial charge in [-0.25, -0.2) is 13.1 Å². The van der Waals surface area contributed by atoms with Crippen molar-refractivity contribution in [3.8, 4) is 11.4 Å². The molecule has 0 N–H and O–H groups in total. The van der Waals surface area contributed by atoms with Gasteiger partial charge in [0.2, 0.25) is 5.91 Å². The molecule has 9 heteroatoms. The van der Waals surface area contributed by atoms with Crippen molar-refractivity contribution in [2.45, 2.75) is 32.7 Å². The Balaban J connectivity index is 1.69. The quantitative estimate of drug-likeness (QED) is 0.297. The van der Waals surface area contributed by atoms with Crippen molar-refractivity contribution in [2.75, 3.05) is 4.90 Å². The molecule has 1 saturated heterocycles. The molecule has 8 nitrogen and oxygen atoms in total. The van der Waals surface area contributed by atoms with Crippen LogP contribution in [-0.4, -0.2) is 41.8 Å². The van der Waals surface area contributed by atoms with Crippen LogP contribution in [0.3, 0.4) is 0 Å². The number of anilines is 1. The zero-order valence-corrected chi connectivity index (χ0v) is 18.4. The average Bonchev–Trinajstić information content (AvgIpc) is 3.00. The number of halogens is 1. The van der Waals surface area contributed by atoms with Crippen LogP contribution in [-0.2, 0) is 9.59 Å². The van der Waals surface area contributed by atoms with Crippen LogP contribution in [0.5, 0.6) is 0 Å². The van der Waals surface area contributed by atoms with E-state index in [0.717, 1.165) is 20.1 Å². The van der Waals surface area contributed by atoms with Crippen LogP contribution in [0, 0.1) is 13.8 Å². The number of benzene rings is 1. The summed E-state index contributed by atoms with van der Waals surface area (Å²) in [5.41, 5.74) is 4.17. The molecular formula is C21H16IN5O3. The number of carbonyl (C=O) groups excluding carboxylic acids is 3. The van der Waals surface area contributed by atoms with Gasteiger partial charge in [-0.3, -0.25) is 24.3 Å². The molecule has 3 amide bonds. The van der Waals surface area contributed by atoms with Crippen LogP contribution in [0.1, 0.15) is 34.6 Å². The number of aromatic nitrogens is 3. The highest BCUT2D eigenvalue weighted by molar-refractivity contribution is 14.1. The number of hydrogen-bond donors (Lipinski definition) is 0. The van der Waals surface area contributed by atoms with Gasteiger partial charge < -0.3 is 0 Å².